The van der Waals surface area contributed by atoms with Crippen molar-refractivity contribution in [3.05, 3.63) is 35.6 Å². The summed E-state index contributed by atoms with van der Waals surface area (Å²) >= 11 is 0. The second kappa shape index (κ2) is 5.80. The van der Waals surface area contributed by atoms with Gasteiger partial charge in [0.15, 0.2) is 0 Å². The molecule has 0 saturated carbocycles. The third kappa shape index (κ3) is 2.87. The maximum Gasteiger partial charge on any atom is 0.123 e. The molecule has 0 amide bonds. The molecule has 112 valence electrons. The molecule has 0 radical (unpaired) electrons. The van der Waals surface area contributed by atoms with Gasteiger partial charge in [0.05, 0.1) is 5.60 Å². The van der Waals surface area contributed by atoms with E-state index in [4.69, 9.17) is 10.5 Å². The summed E-state index contributed by atoms with van der Waals surface area (Å²) in [7, 11) is 0. The number of hydrogen-bond acceptors (Lipinski definition) is 3. The molecule has 1 saturated heterocycles. The average molecular weight is 281 g/mol. The lowest BCUT2D eigenvalue weighted by Crippen LogP contribution is -2.51. The summed E-state index contributed by atoms with van der Waals surface area (Å²) < 4.78 is 19.0. The Balaban J connectivity index is 2.45. The molecule has 0 bridgehead atoms. The van der Waals surface area contributed by atoms with Gasteiger partial charge in [0.25, 0.3) is 0 Å². The molecule has 1 fully saturated rings. The highest BCUT2D eigenvalue weighted by Gasteiger charge is 2.46. The second-order valence-electron chi connectivity index (χ2n) is 6.31. The largest absolute Gasteiger partial charge is 0.396 e. The maximum absolute atomic E-state index is 13.2. The number of ether oxygens (including phenoxy) is 1. The van der Waals surface area contributed by atoms with Crippen LogP contribution in [0.1, 0.15) is 32.3 Å². The highest BCUT2D eigenvalue weighted by Crippen LogP contribution is 2.46. The Labute approximate surface area is 119 Å². The van der Waals surface area contributed by atoms with E-state index < -0.39 is 0 Å². The fourth-order valence-corrected chi connectivity index (χ4v) is 3.50. The van der Waals surface area contributed by atoms with Crippen LogP contribution in [-0.2, 0) is 10.2 Å². The number of benzene rings is 1. The standard InChI is InChI=1S/C16H24FNO2/c1-15(2)11-16(7-8-20-15,13(9-18)10-19)12-3-5-14(17)6-4-12/h3-6,13,19H,7-11,18H2,1-2H3. The van der Waals surface area contributed by atoms with Crippen LogP contribution in [0, 0.1) is 11.7 Å². The van der Waals surface area contributed by atoms with E-state index in [-0.39, 0.29) is 29.4 Å². The van der Waals surface area contributed by atoms with Crippen molar-refractivity contribution in [1.29, 1.82) is 0 Å². The Morgan fingerprint density at radius 3 is 2.50 bits per heavy atom. The van der Waals surface area contributed by atoms with E-state index in [9.17, 15) is 9.50 Å². The first-order valence-corrected chi connectivity index (χ1v) is 7.14. The van der Waals surface area contributed by atoms with Crippen molar-refractivity contribution in [2.75, 3.05) is 19.8 Å². The molecule has 3 N–H and O–H groups in total. The van der Waals surface area contributed by atoms with E-state index in [0.717, 1.165) is 18.4 Å². The summed E-state index contributed by atoms with van der Waals surface area (Å²) in [5.41, 5.74) is 6.40. The molecule has 4 heteroatoms. The van der Waals surface area contributed by atoms with E-state index >= 15 is 0 Å². The highest BCUT2D eigenvalue weighted by atomic mass is 19.1. The molecule has 20 heavy (non-hydrogen) atoms. The quantitative estimate of drug-likeness (QED) is 0.889. The molecule has 0 aromatic heterocycles. The minimum Gasteiger partial charge on any atom is -0.396 e. The summed E-state index contributed by atoms with van der Waals surface area (Å²) in [4.78, 5) is 0. The number of halogens is 1. The lowest BCUT2D eigenvalue weighted by atomic mass is 9.62. The molecule has 1 aromatic carbocycles. The monoisotopic (exact) mass is 281 g/mol. The van der Waals surface area contributed by atoms with Crippen LogP contribution in [0.2, 0.25) is 0 Å². The third-order valence-corrected chi connectivity index (χ3v) is 4.49. The number of aliphatic hydroxyl groups is 1. The molecule has 0 aliphatic carbocycles. The second-order valence-corrected chi connectivity index (χ2v) is 6.31. The van der Waals surface area contributed by atoms with Gasteiger partial charge in [0.1, 0.15) is 5.82 Å². The molecule has 2 unspecified atom stereocenters. The molecule has 2 rings (SSSR count). The van der Waals surface area contributed by atoms with Crippen LogP contribution < -0.4 is 5.73 Å². The average Bonchev–Trinajstić information content (AvgIpc) is 2.39. The van der Waals surface area contributed by atoms with Gasteiger partial charge in [-0.1, -0.05) is 12.1 Å². The van der Waals surface area contributed by atoms with Crippen molar-refractivity contribution >= 4 is 0 Å². The zero-order chi connectivity index (χ0) is 14.8. The Hall–Kier alpha value is -0.970. The van der Waals surface area contributed by atoms with E-state index in [1.165, 1.54) is 12.1 Å². The number of nitrogens with two attached hydrogens (primary N) is 1. The number of rotatable bonds is 4. The first-order valence-electron chi connectivity index (χ1n) is 7.14. The van der Waals surface area contributed by atoms with Crippen LogP contribution >= 0.6 is 0 Å². The summed E-state index contributed by atoms with van der Waals surface area (Å²) in [5.74, 6) is -0.292. The zero-order valence-corrected chi connectivity index (χ0v) is 12.2. The molecule has 1 aliphatic rings. The third-order valence-electron chi connectivity index (χ3n) is 4.49. The van der Waals surface area contributed by atoms with E-state index in [1.807, 2.05) is 12.1 Å². The van der Waals surface area contributed by atoms with Gasteiger partial charge in [-0.05, 0) is 50.9 Å². The van der Waals surface area contributed by atoms with Crippen molar-refractivity contribution < 1.29 is 14.2 Å². The van der Waals surface area contributed by atoms with Crippen molar-refractivity contribution in [3.8, 4) is 0 Å². The van der Waals surface area contributed by atoms with Crippen molar-refractivity contribution in [3.63, 3.8) is 0 Å². The van der Waals surface area contributed by atoms with Crippen LogP contribution in [0.4, 0.5) is 4.39 Å². The lowest BCUT2D eigenvalue weighted by Gasteiger charge is -2.49. The minimum atomic E-state index is -0.269. The first kappa shape index (κ1) is 15.4. The summed E-state index contributed by atoms with van der Waals surface area (Å²) in [5, 5.41) is 9.73. The Morgan fingerprint density at radius 2 is 2.00 bits per heavy atom. The van der Waals surface area contributed by atoms with E-state index in [2.05, 4.69) is 13.8 Å². The molecular formula is C16H24FNO2. The Kier molecular flexibility index (Phi) is 4.47. The Morgan fingerprint density at radius 1 is 1.35 bits per heavy atom. The minimum absolute atomic E-state index is 0.0317. The predicted molar refractivity (Wildman–Crippen MR) is 77.0 cm³/mol. The highest BCUT2D eigenvalue weighted by molar-refractivity contribution is 5.29. The zero-order valence-electron chi connectivity index (χ0n) is 12.2. The first-order chi connectivity index (χ1) is 9.43. The van der Waals surface area contributed by atoms with Crippen LogP contribution in [0.25, 0.3) is 0 Å². The smallest absolute Gasteiger partial charge is 0.123 e. The van der Waals surface area contributed by atoms with Gasteiger partial charge in [0, 0.05) is 24.5 Å². The summed E-state index contributed by atoms with van der Waals surface area (Å²) in [6.45, 7) is 5.17. The van der Waals surface area contributed by atoms with Gasteiger partial charge in [-0.25, -0.2) is 4.39 Å². The van der Waals surface area contributed by atoms with Gasteiger partial charge < -0.3 is 15.6 Å². The SMILES string of the molecule is CC1(C)CC(c2ccc(F)cc2)(C(CN)CO)CCO1. The molecule has 0 spiro atoms. The van der Waals surface area contributed by atoms with Gasteiger partial charge in [-0.3, -0.25) is 0 Å². The van der Waals surface area contributed by atoms with Crippen molar-refractivity contribution in [2.45, 2.75) is 37.7 Å². The van der Waals surface area contributed by atoms with Gasteiger partial charge in [-0.15, -0.1) is 0 Å². The van der Waals surface area contributed by atoms with Crippen LogP contribution in [-0.4, -0.2) is 30.5 Å². The molecule has 1 aromatic rings. The fourth-order valence-electron chi connectivity index (χ4n) is 3.50. The predicted octanol–water partition coefficient (Wildman–Crippen LogP) is 2.22. The van der Waals surface area contributed by atoms with Crippen molar-refractivity contribution in [1.82, 2.24) is 0 Å². The summed E-state index contributed by atoms with van der Waals surface area (Å²) in [6.07, 6.45) is 1.57. The van der Waals surface area contributed by atoms with Crippen molar-refractivity contribution in [2.24, 2.45) is 11.7 Å². The number of hydrogen-bond donors (Lipinski definition) is 2. The van der Waals surface area contributed by atoms with Gasteiger partial charge >= 0.3 is 0 Å². The molecule has 1 aliphatic heterocycles. The fraction of sp³-hybridized carbons (Fsp3) is 0.625. The van der Waals surface area contributed by atoms with Gasteiger partial charge in [0.2, 0.25) is 0 Å². The van der Waals surface area contributed by atoms with Crippen LogP contribution in [0.5, 0.6) is 0 Å². The van der Waals surface area contributed by atoms with E-state index in [1.54, 1.807) is 0 Å². The molecule has 1 heterocycles. The molecule has 2 atom stereocenters. The van der Waals surface area contributed by atoms with Crippen LogP contribution in [0.15, 0.2) is 24.3 Å². The normalized spacial score (nSPS) is 27.2. The van der Waals surface area contributed by atoms with E-state index in [0.29, 0.717) is 13.2 Å². The summed E-state index contributed by atoms with van der Waals surface area (Å²) in [6, 6.07) is 6.58. The maximum atomic E-state index is 13.2. The molecule has 3 nitrogen and oxygen atoms in total. The lowest BCUT2D eigenvalue weighted by molar-refractivity contribution is -0.0983. The van der Waals surface area contributed by atoms with Crippen LogP contribution in [0.3, 0.4) is 0 Å². The topological polar surface area (TPSA) is 55.5 Å². The molecular weight excluding hydrogens is 257 g/mol. The Bertz CT molecular complexity index is 442. The number of aliphatic hydroxyl groups excluding tert-OH is 1. The van der Waals surface area contributed by atoms with Gasteiger partial charge in [-0.2, -0.15) is 0 Å².